The van der Waals surface area contributed by atoms with E-state index in [0.717, 1.165) is 70.6 Å². The van der Waals surface area contributed by atoms with Crippen LogP contribution in [-0.2, 0) is 14.3 Å². The predicted octanol–water partition coefficient (Wildman–Crippen LogP) is 18.5. The molecule has 0 spiro atoms. The van der Waals surface area contributed by atoms with E-state index >= 15 is 0 Å². The summed E-state index contributed by atoms with van der Waals surface area (Å²) in [7, 11) is 0. The summed E-state index contributed by atoms with van der Waals surface area (Å²) in [5, 5.41) is 23.8. The number of hydrogen-bond donors (Lipinski definition) is 3. The van der Waals surface area contributed by atoms with Crippen LogP contribution in [0, 0.1) is 0 Å². The largest absolute Gasteiger partial charge is 0.458 e. The van der Waals surface area contributed by atoms with E-state index < -0.39 is 18.2 Å². The van der Waals surface area contributed by atoms with Crippen LogP contribution in [0.5, 0.6) is 0 Å². The smallest absolute Gasteiger partial charge is 0.306 e. The molecule has 69 heavy (non-hydrogen) atoms. The minimum atomic E-state index is -0.822. The minimum absolute atomic E-state index is 0.0465. The number of nitrogens with one attached hydrogen (secondary N) is 1. The highest BCUT2D eigenvalue weighted by Crippen LogP contribution is 2.17. The first-order chi connectivity index (χ1) is 34.0. The summed E-state index contributed by atoms with van der Waals surface area (Å²) in [6, 6.07) is -0.745. The summed E-state index contributed by atoms with van der Waals surface area (Å²) in [5.41, 5.74) is 0. The molecule has 0 fully saturated rings. The van der Waals surface area contributed by atoms with E-state index in [0.29, 0.717) is 19.3 Å². The number of ether oxygens (including phenoxy) is 1. The summed E-state index contributed by atoms with van der Waals surface area (Å²) in [6.07, 6.45) is 72.9. The molecule has 0 aliphatic heterocycles. The third-order valence-corrected chi connectivity index (χ3v) is 13.3. The molecule has 0 aromatic heterocycles. The molecular formula is C63H113NO5. The zero-order chi connectivity index (χ0) is 50.2. The Morgan fingerprint density at radius 2 is 0.754 bits per heavy atom. The van der Waals surface area contributed by atoms with Gasteiger partial charge in [0.05, 0.1) is 25.2 Å². The second-order valence-electron chi connectivity index (χ2n) is 20.0. The molecule has 0 saturated heterocycles. The monoisotopic (exact) mass is 964 g/mol. The molecule has 3 unspecified atom stereocenters. The molecule has 6 nitrogen and oxygen atoms in total. The maximum atomic E-state index is 13.2. The Kier molecular flexibility index (Phi) is 54.0. The fourth-order valence-electron chi connectivity index (χ4n) is 8.84. The van der Waals surface area contributed by atoms with Gasteiger partial charge in [-0.2, -0.15) is 0 Å². The Balaban J connectivity index is 4.67. The van der Waals surface area contributed by atoms with Gasteiger partial charge in [0.15, 0.2) is 0 Å². The average molecular weight is 965 g/mol. The second kappa shape index (κ2) is 56.2. The van der Waals surface area contributed by atoms with Gasteiger partial charge in [-0.05, 0) is 57.4 Å². The molecule has 400 valence electrons. The van der Waals surface area contributed by atoms with Gasteiger partial charge in [0.2, 0.25) is 5.91 Å². The second-order valence-corrected chi connectivity index (χ2v) is 20.0. The van der Waals surface area contributed by atoms with E-state index in [1.807, 2.05) is 12.2 Å². The number of hydrogen-bond acceptors (Lipinski definition) is 5. The number of amides is 1. The van der Waals surface area contributed by atoms with E-state index in [1.165, 1.54) is 173 Å². The first-order valence-corrected chi connectivity index (χ1v) is 29.7. The van der Waals surface area contributed by atoms with Crippen molar-refractivity contribution >= 4 is 11.9 Å². The summed E-state index contributed by atoms with van der Waals surface area (Å²) in [5.74, 6) is -0.620. The molecule has 1 amide bonds. The van der Waals surface area contributed by atoms with Gasteiger partial charge >= 0.3 is 5.97 Å². The highest BCUT2D eigenvalue weighted by atomic mass is 16.5. The normalized spacial score (nSPS) is 13.6. The van der Waals surface area contributed by atoms with E-state index in [1.54, 1.807) is 0 Å². The van der Waals surface area contributed by atoms with E-state index in [2.05, 4.69) is 86.8 Å². The Bertz CT molecular complexity index is 1270. The van der Waals surface area contributed by atoms with Crippen molar-refractivity contribution in [3.8, 4) is 0 Å². The highest BCUT2D eigenvalue weighted by molar-refractivity contribution is 5.78. The molecule has 0 aromatic rings. The van der Waals surface area contributed by atoms with Gasteiger partial charge in [-0.3, -0.25) is 9.59 Å². The van der Waals surface area contributed by atoms with Crippen LogP contribution in [-0.4, -0.2) is 46.9 Å². The van der Waals surface area contributed by atoms with Gasteiger partial charge in [0.1, 0.15) is 6.10 Å². The van der Waals surface area contributed by atoms with Crippen molar-refractivity contribution in [2.45, 2.75) is 309 Å². The van der Waals surface area contributed by atoms with Crippen molar-refractivity contribution in [3.63, 3.8) is 0 Å². The standard InChI is InChI=1S/C63H113NO5/c1-4-7-10-13-16-19-22-25-28-30-31-33-35-38-41-44-47-50-53-56-63(68)69-59(54-51-48-45-42-39-36-34-32-29-26-23-20-17-14-11-8-5-2)57-62(67)64-60(58-65)61(66)55-52-49-46-43-40-37-27-24-21-18-15-12-9-6-3/h8,11,17,20,26,29,34,36,42,45,51,54,59-61,65-66H,4-7,9-10,12-16,18-19,21-25,27-28,30-33,35,37-41,43-44,46-50,52-53,55-58H2,1-3H3,(H,64,67)/b11-8-,20-17-,29-26-,36-34-,45-42-,54-51-. The van der Waals surface area contributed by atoms with Gasteiger partial charge in [0, 0.05) is 6.42 Å². The van der Waals surface area contributed by atoms with Crippen molar-refractivity contribution in [3.05, 3.63) is 72.9 Å². The van der Waals surface area contributed by atoms with Gasteiger partial charge in [-0.25, -0.2) is 0 Å². The van der Waals surface area contributed by atoms with E-state index in [-0.39, 0.29) is 24.9 Å². The Morgan fingerprint density at radius 3 is 1.10 bits per heavy atom. The van der Waals surface area contributed by atoms with Gasteiger partial charge < -0.3 is 20.3 Å². The molecular weight excluding hydrogens is 851 g/mol. The molecule has 0 aromatic carbocycles. The molecule has 0 aliphatic rings. The predicted molar refractivity (Wildman–Crippen MR) is 301 cm³/mol. The molecule has 3 N–H and O–H groups in total. The zero-order valence-corrected chi connectivity index (χ0v) is 45.7. The first kappa shape index (κ1) is 66.3. The van der Waals surface area contributed by atoms with Crippen LogP contribution >= 0.6 is 0 Å². The van der Waals surface area contributed by atoms with Crippen LogP contribution in [0.15, 0.2) is 72.9 Å². The number of unbranched alkanes of at least 4 members (excludes halogenated alkanes) is 31. The molecule has 3 atom stereocenters. The molecule has 6 heteroatoms. The lowest BCUT2D eigenvalue weighted by Crippen LogP contribution is -2.46. The van der Waals surface area contributed by atoms with Crippen LogP contribution in [0.4, 0.5) is 0 Å². The van der Waals surface area contributed by atoms with Gasteiger partial charge in [-0.1, -0.05) is 293 Å². The van der Waals surface area contributed by atoms with Crippen LogP contribution in [0.3, 0.4) is 0 Å². The molecule has 0 aliphatic carbocycles. The maximum Gasteiger partial charge on any atom is 0.306 e. The van der Waals surface area contributed by atoms with Crippen LogP contribution < -0.4 is 5.32 Å². The van der Waals surface area contributed by atoms with Crippen molar-refractivity contribution < 1.29 is 24.5 Å². The number of carbonyl (C=O) groups is 2. The summed E-state index contributed by atoms with van der Waals surface area (Å²) in [6.45, 7) is 6.37. The van der Waals surface area contributed by atoms with Crippen molar-refractivity contribution in [2.75, 3.05) is 6.61 Å². The van der Waals surface area contributed by atoms with Gasteiger partial charge in [-0.15, -0.1) is 0 Å². The number of rotatable bonds is 53. The minimum Gasteiger partial charge on any atom is -0.458 e. The lowest BCUT2D eigenvalue weighted by Gasteiger charge is -2.23. The van der Waals surface area contributed by atoms with E-state index in [4.69, 9.17) is 4.74 Å². The number of allylic oxidation sites excluding steroid dienone is 11. The fourth-order valence-corrected chi connectivity index (χ4v) is 8.84. The SMILES string of the molecule is CC/C=C\C/C=C\C/C=C\C/C=C\C/C=C\C/C=C\C(CC(=O)NC(CO)C(O)CCCCCCCCCCCCCCCC)OC(=O)CCCCCCCCCCCCCCCCCCCCC. The maximum absolute atomic E-state index is 13.2. The average Bonchev–Trinajstić information content (AvgIpc) is 3.34. The van der Waals surface area contributed by atoms with Crippen LogP contribution in [0.2, 0.25) is 0 Å². The highest BCUT2D eigenvalue weighted by Gasteiger charge is 2.23. The molecule has 0 rings (SSSR count). The lowest BCUT2D eigenvalue weighted by atomic mass is 10.0. The summed E-state index contributed by atoms with van der Waals surface area (Å²) in [4.78, 5) is 26.2. The van der Waals surface area contributed by atoms with Crippen molar-refractivity contribution in [1.82, 2.24) is 5.32 Å². The number of aliphatic hydroxyl groups is 2. The number of carbonyl (C=O) groups excluding carboxylic acids is 2. The Hall–Kier alpha value is -2.70. The fraction of sp³-hybridized carbons (Fsp3) is 0.778. The summed E-state index contributed by atoms with van der Waals surface area (Å²) < 4.78 is 5.86. The third-order valence-electron chi connectivity index (χ3n) is 13.3. The quantitative estimate of drug-likeness (QED) is 0.0321. The van der Waals surface area contributed by atoms with Crippen LogP contribution in [0.1, 0.15) is 290 Å². The number of aliphatic hydroxyl groups excluding tert-OH is 2. The number of esters is 1. The van der Waals surface area contributed by atoms with Crippen molar-refractivity contribution in [1.29, 1.82) is 0 Å². The molecule has 0 saturated carbocycles. The zero-order valence-electron chi connectivity index (χ0n) is 45.7. The summed E-state index contributed by atoms with van der Waals surface area (Å²) >= 11 is 0. The first-order valence-electron chi connectivity index (χ1n) is 29.7. The Labute approximate surface area is 428 Å². The molecule has 0 bridgehead atoms. The lowest BCUT2D eigenvalue weighted by molar-refractivity contribution is -0.148. The third kappa shape index (κ3) is 51.5. The Morgan fingerprint density at radius 1 is 0.435 bits per heavy atom. The molecule has 0 radical (unpaired) electrons. The molecule has 0 heterocycles. The van der Waals surface area contributed by atoms with Crippen LogP contribution in [0.25, 0.3) is 0 Å². The topological polar surface area (TPSA) is 95.9 Å². The van der Waals surface area contributed by atoms with Gasteiger partial charge in [0.25, 0.3) is 0 Å². The van der Waals surface area contributed by atoms with Crippen molar-refractivity contribution in [2.24, 2.45) is 0 Å². The van der Waals surface area contributed by atoms with E-state index in [9.17, 15) is 19.8 Å².